The van der Waals surface area contributed by atoms with Crippen molar-refractivity contribution in [2.24, 2.45) is 5.92 Å². The molecule has 0 atom stereocenters. The number of ether oxygens (including phenoxy) is 3. The number of fused-ring (bicyclic) bond motifs is 1. The molecule has 1 fully saturated rings. The number of rotatable bonds is 12. The molecule has 8 heteroatoms. The molecule has 1 aromatic heterocycles. The number of likely N-dealkylation sites (tertiary alicyclic amines) is 1. The minimum absolute atomic E-state index is 0.0222. The number of anilines is 1. The summed E-state index contributed by atoms with van der Waals surface area (Å²) in [6.45, 7) is 8.40. The van der Waals surface area contributed by atoms with Crippen molar-refractivity contribution in [3.63, 3.8) is 0 Å². The molecule has 0 radical (unpaired) electrons. The zero-order valence-electron chi connectivity index (χ0n) is 23.3. The molecule has 1 aliphatic heterocycles. The van der Waals surface area contributed by atoms with E-state index in [-0.39, 0.29) is 5.91 Å². The maximum Gasteiger partial charge on any atom is 0.238 e. The second-order valence-electron chi connectivity index (χ2n) is 10.0. The SMILES string of the molecule is CCOc1ccc(NC(=O)CN2CCC(Cn3c(COc4ccccc4)nc4ccccc43)CC2)cc1OCC. The molecule has 8 nitrogen and oxygen atoms in total. The van der Waals surface area contributed by atoms with Gasteiger partial charge in [-0.05, 0) is 82.1 Å². The van der Waals surface area contributed by atoms with E-state index in [1.807, 2.05) is 68.4 Å². The monoisotopic (exact) mass is 542 g/mol. The molecule has 1 amide bonds. The Morgan fingerprint density at radius 1 is 0.900 bits per heavy atom. The largest absolute Gasteiger partial charge is 0.490 e. The molecule has 0 bridgehead atoms. The van der Waals surface area contributed by atoms with Gasteiger partial charge < -0.3 is 24.1 Å². The van der Waals surface area contributed by atoms with Gasteiger partial charge in [-0.2, -0.15) is 0 Å². The predicted octanol–water partition coefficient (Wildman–Crippen LogP) is 5.76. The first-order valence-corrected chi connectivity index (χ1v) is 14.2. The van der Waals surface area contributed by atoms with Gasteiger partial charge in [0.05, 0.1) is 30.8 Å². The van der Waals surface area contributed by atoms with Crippen molar-refractivity contribution in [3.05, 3.63) is 78.6 Å². The fourth-order valence-corrected chi connectivity index (χ4v) is 5.22. The molecule has 1 aliphatic rings. The van der Waals surface area contributed by atoms with Gasteiger partial charge in [0.2, 0.25) is 5.91 Å². The van der Waals surface area contributed by atoms with Crippen LogP contribution < -0.4 is 19.5 Å². The van der Waals surface area contributed by atoms with Gasteiger partial charge in [0.25, 0.3) is 0 Å². The topological polar surface area (TPSA) is 77.9 Å². The van der Waals surface area contributed by atoms with Crippen molar-refractivity contribution >= 4 is 22.6 Å². The lowest BCUT2D eigenvalue weighted by Gasteiger charge is -2.32. The van der Waals surface area contributed by atoms with Crippen LogP contribution in [0.15, 0.2) is 72.8 Å². The Morgan fingerprint density at radius 2 is 1.62 bits per heavy atom. The normalized spacial score (nSPS) is 14.2. The van der Waals surface area contributed by atoms with Crippen molar-refractivity contribution in [1.29, 1.82) is 0 Å². The van der Waals surface area contributed by atoms with E-state index in [4.69, 9.17) is 19.2 Å². The van der Waals surface area contributed by atoms with Gasteiger partial charge in [0, 0.05) is 18.3 Å². The van der Waals surface area contributed by atoms with Crippen LogP contribution in [0.1, 0.15) is 32.5 Å². The number of para-hydroxylation sites is 3. The summed E-state index contributed by atoms with van der Waals surface area (Å²) in [5, 5.41) is 3.02. The molecular formula is C32H38N4O4. The molecule has 3 aromatic carbocycles. The van der Waals surface area contributed by atoms with E-state index in [0.29, 0.717) is 49.5 Å². The summed E-state index contributed by atoms with van der Waals surface area (Å²) in [6, 6.07) is 23.7. The second kappa shape index (κ2) is 13.3. The number of nitrogens with zero attached hydrogens (tertiary/aromatic N) is 3. The minimum Gasteiger partial charge on any atom is -0.490 e. The minimum atomic E-state index is -0.0222. The average Bonchev–Trinajstić information content (AvgIpc) is 3.32. The van der Waals surface area contributed by atoms with E-state index in [1.165, 1.54) is 0 Å². The smallest absolute Gasteiger partial charge is 0.238 e. The summed E-state index contributed by atoms with van der Waals surface area (Å²) in [5.41, 5.74) is 2.84. The highest BCUT2D eigenvalue weighted by molar-refractivity contribution is 5.92. The van der Waals surface area contributed by atoms with Crippen LogP contribution in [0.5, 0.6) is 17.2 Å². The molecule has 40 heavy (non-hydrogen) atoms. The number of aromatic nitrogens is 2. The highest BCUT2D eigenvalue weighted by Gasteiger charge is 2.23. The summed E-state index contributed by atoms with van der Waals surface area (Å²) in [6.07, 6.45) is 2.05. The predicted molar refractivity (Wildman–Crippen MR) is 157 cm³/mol. The van der Waals surface area contributed by atoms with Gasteiger partial charge in [-0.25, -0.2) is 4.98 Å². The van der Waals surface area contributed by atoms with Crippen LogP contribution >= 0.6 is 0 Å². The lowest BCUT2D eigenvalue weighted by molar-refractivity contribution is -0.117. The molecule has 0 unspecified atom stereocenters. The quantitative estimate of drug-likeness (QED) is 0.245. The molecule has 0 aliphatic carbocycles. The third-order valence-electron chi connectivity index (χ3n) is 7.19. The zero-order valence-corrected chi connectivity index (χ0v) is 23.3. The van der Waals surface area contributed by atoms with Crippen LogP contribution in [0.4, 0.5) is 5.69 Å². The van der Waals surface area contributed by atoms with Crippen molar-refractivity contribution in [3.8, 4) is 17.2 Å². The van der Waals surface area contributed by atoms with E-state index in [1.54, 1.807) is 0 Å². The molecule has 210 valence electrons. The summed E-state index contributed by atoms with van der Waals surface area (Å²) in [5.74, 6) is 3.59. The van der Waals surface area contributed by atoms with Crippen molar-refractivity contribution in [1.82, 2.24) is 14.5 Å². The van der Waals surface area contributed by atoms with Crippen LogP contribution in [0.25, 0.3) is 11.0 Å². The van der Waals surface area contributed by atoms with Crippen LogP contribution in [-0.2, 0) is 17.9 Å². The number of carbonyl (C=O) groups is 1. The third kappa shape index (κ3) is 6.93. The molecule has 5 rings (SSSR count). The zero-order chi connectivity index (χ0) is 27.7. The highest BCUT2D eigenvalue weighted by atomic mass is 16.5. The van der Waals surface area contributed by atoms with Crippen molar-refractivity contribution in [2.45, 2.75) is 39.8 Å². The number of nitrogens with one attached hydrogen (secondary N) is 1. The van der Waals surface area contributed by atoms with Gasteiger partial charge >= 0.3 is 0 Å². The maximum absolute atomic E-state index is 12.8. The number of benzene rings is 3. The number of hydrogen-bond acceptors (Lipinski definition) is 6. The van der Waals surface area contributed by atoms with Crippen LogP contribution in [-0.4, -0.2) is 53.2 Å². The fraction of sp³-hybridized carbons (Fsp3) is 0.375. The summed E-state index contributed by atoms with van der Waals surface area (Å²) < 4.78 is 19.7. The molecule has 1 saturated heterocycles. The third-order valence-corrected chi connectivity index (χ3v) is 7.19. The van der Waals surface area contributed by atoms with E-state index in [0.717, 1.165) is 55.1 Å². The number of carbonyl (C=O) groups excluding carboxylic acids is 1. The second-order valence-corrected chi connectivity index (χ2v) is 10.0. The summed E-state index contributed by atoms with van der Waals surface area (Å²) in [4.78, 5) is 19.9. The van der Waals surface area contributed by atoms with Gasteiger partial charge in [0.1, 0.15) is 18.2 Å². The van der Waals surface area contributed by atoms with E-state index in [2.05, 4.69) is 33.0 Å². The molecule has 0 saturated carbocycles. The molecule has 1 N–H and O–H groups in total. The Labute approximate surface area is 235 Å². The highest BCUT2D eigenvalue weighted by Crippen LogP contribution is 2.31. The molecule has 2 heterocycles. The van der Waals surface area contributed by atoms with Crippen LogP contribution in [0.2, 0.25) is 0 Å². The van der Waals surface area contributed by atoms with Crippen molar-refractivity contribution in [2.75, 3.05) is 38.2 Å². The fourth-order valence-electron chi connectivity index (χ4n) is 5.22. The Hall–Kier alpha value is -4.04. The molecule has 0 spiro atoms. The summed E-state index contributed by atoms with van der Waals surface area (Å²) >= 11 is 0. The molecular weight excluding hydrogens is 504 g/mol. The van der Waals surface area contributed by atoms with E-state index in [9.17, 15) is 4.79 Å². The number of hydrogen-bond donors (Lipinski definition) is 1. The lowest BCUT2D eigenvalue weighted by atomic mass is 9.96. The Kier molecular flexibility index (Phi) is 9.18. The van der Waals surface area contributed by atoms with Crippen molar-refractivity contribution < 1.29 is 19.0 Å². The Balaban J connectivity index is 1.16. The number of amides is 1. The van der Waals surface area contributed by atoms with Gasteiger partial charge in [-0.1, -0.05) is 30.3 Å². The van der Waals surface area contributed by atoms with E-state index >= 15 is 0 Å². The standard InChI is InChI=1S/C32H38N4O4/c1-3-38-29-15-14-25(20-30(29)39-4-2)33-32(37)22-35-18-16-24(17-19-35)21-36-28-13-9-8-12-27(28)34-31(36)23-40-26-10-6-5-7-11-26/h5-15,20,24H,3-4,16-19,21-23H2,1-2H3,(H,33,37). The Bertz CT molecular complexity index is 1400. The lowest BCUT2D eigenvalue weighted by Crippen LogP contribution is -2.40. The van der Waals surface area contributed by atoms with Gasteiger partial charge in [-0.15, -0.1) is 0 Å². The average molecular weight is 543 g/mol. The van der Waals surface area contributed by atoms with Gasteiger partial charge in [0.15, 0.2) is 11.5 Å². The number of imidazole rings is 1. The number of piperidine rings is 1. The molecule has 4 aromatic rings. The first-order chi connectivity index (χ1) is 19.6. The van der Waals surface area contributed by atoms with Crippen LogP contribution in [0.3, 0.4) is 0 Å². The summed E-state index contributed by atoms with van der Waals surface area (Å²) in [7, 11) is 0. The van der Waals surface area contributed by atoms with Crippen LogP contribution in [0, 0.1) is 5.92 Å². The van der Waals surface area contributed by atoms with Gasteiger partial charge in [-0.3, -0.25) is 9.69 Å². The maximum atomic E-state index is 12.8. The van der Waals surface area contributed by atoms with E-state index < -0.39 is 0 Å². The first kappa shape index (κ1) is 27.5. The Morgan fingerprint density at radius 3 is 2.40 bits per heavy atom. The first-order valence-electron chi connectivity index (χ1n) is 14.2.